The lowest BCUT2D eigenvalue weighted by atomic mass is 9.93. The number of likely N-dealkylation sites (tertiary alicyclic amines) is 1. The van der Waals surface area contributed by atoms with Gasteiger partial charge in [-0.1, -0.05) is 23.7 Å². The zero-order chi connectivity index (χ0) is 24.4. The molecule has 1 aliphatic rings. The average molecular weight is 494 g/mol. The van der Waals surface area contributed by atoms with E-state index in [2.05, 4.69) is 4.90 Å². The first kappa shape index (κ1) is 23.4. The zero-order valence-corrected chi connectivity index (χ0v) is 19.9. The molecule has 0 atom stereocenters. The molecule has 1 N–H and O–H groups in total. The highest BCUT2D eigenvalue weighted by atomic mass is 35.5. The second-order valence-electron chi connectivity index (χ2n) is 8.77. The highest BCUT2D eigenvalue weighted by Crippen LogP contribution is 2.33. The SMILES string of the molecule is O=c1oc2cc(O)ccc2c(Cc2ccc(OCCN3CCCC3)cc2)c1-c1ccc(Cl)cc1F. The van der Waals surface area contributed by atoms with Gasteiger partial charge in [0.15, 0.2) is 0 Å². The van der Waals surface area contributed by atoms with Crippen LogP contribution in [0.25, 0.3) is 22.1 Å². The van der Waals surface area contributed by atoms with E-state index in [4.69, 9.17) is 20.8 Å². The van der Waals surface area contributed by atoms with Gasteiger partial charge in [-0.2, -0.15) is 0 Å². The molecule has 1 aliphatic heterocycles. The summed E-state index contributed by atoms with van der Waals surface area (Å²) in [4.78, 5) is 15.4. The Bertz CT molecular complexity index is 1410. The maximum absolute atomic E-state index is 14.9. The molecule has 0 unspecified atom stereocenters. The maximum Gasteiger partial charge on any atom is 0.344 e. The van der Waals surface area contributed by atoms with E-state index in [1.165, 1.54) is 37.1 Å². The van der Waals surface area contributed by atoms with Crippen LogP contribution in [0.1, 0.15) is 24.0 Å². The van der Waals surface area contributed by atoms with Crippen molar-refractivity contribution in [2.24, 2.45) is 0 Å². The van der Waals surface area contributed by atoms with E-state index < -0.39 is 11.4 Å². The van der Waals surface area contributed by atoms with Crippen LogP contribution in [0.3, 0.4) is 0 Å². The van der Waals surface area contributed by atoms with Crippen molar-refractivity contribution in [3.8, 4) is 22.6 Å². The molecule has 0 radical (unpaired) electrons. The van der Waals surface area contributed by atoms with Crippen molar-refractivity contribution >= 4 is 22.6 Å². The lowest BCUT2D eigenvalue weighted by Crippen LogP contribution is -2.25. The van der Waals surface area contributed by atoms with E-state index in [9.17, 15) is 14.3 Å². The maximum atomic E-state index is 14.9. The number of hydrogen-bond acceptors (Lipinski definition) is 5. The largest absolute Gasteiger partial charge is 0.508 e. The van der Waals surface area contributed by atoms with Gasteiger partial charge in [-0.15, -0.1) is 0 Å². The predicted octanol–water partition coefficient (Wildman–Crippen LogP) is 6.02. The first-order valence-electron chi connectivity index (χ1n) is 11.7. The fourth-order valence-corrected chi connectivity index (χ4v) is 4.77. The smallest absolute Gasteiger partial charge is 0.344 e. The van der Waals surface area contributed by atoms with Crippen LogP contribution in [-0.4, -0.2) is 36.2 Å². The lowest BCUT2D eigenvalue weighted by molar-refractivity contribution is 0.238. The molecule has 1 aromatic heterocycles. The van der Waals surface area contributed by atoms with Crippen molar-refractivity contribution in [3.63, 3.8) is 0 Å². The van der Waals surface area contributed by atoms with Crippen LogP contribution in [0.5, 0.6) is 11.5 Å². The fourth-order valence-electron chi connectivity index (χ4n) is 4.61. The van der Waals surface area contributed by atoms with Gasteiger partial charge >= 0.3 is 5.63 Å². The van der Waals surface area contributed by atoms with Gasteiger partial charge in [0, 0.05) is 28.6 Å². The van der Waals surface area contributed by atoms with E-state index in [0.717, 1.165) is 30.9 Å². The molecular formula is C28H25ClFNO4. The number of ether oxygens (including phenoxy) is 1. The van der Waals surface area contributed by atoms with Crippen LogP contribution in [0.15, 0.2) is 69.9 Å². The number of rotatable bonds is 7. The minimum atomic E-state index is -0.679. The number of nitrogens with zero attached hydrogens (tertiary/aromatic N) is 1. The van der Waals surface area contributed by atoms with Crippen LogP contribution in [0, 0.1) is 5.82 Å². The highest BCUT2D eigenvalue weighted by Gasteiger charge is 2.20. The first-order chi connectivity index (χ1) is 17.0. The molecule has 0 spiro atoms. The summed E-state index contributed by atoms with van der Waals surface area (Å²) in [5.74, 6) is 0.151. The van der Waals surface area contributed by atoms with Crippen molar-refractivity contribution < 1.29 is 18.7 Å². The van der Waals surface area contributed by atoms with Gasteiger partial charge in [0.25, 0.3) is 0 Å². The van der Waals surface area contributed by atoms with Crippen molar-refractivity contribution in [3.05, 3.63) is 93.1 Å². The Morgan fingerprint density at radius 1 is 1.03 bits per heavy atom. The van der Waals surface area contributed by atoms with E-state index in [1.807, 2.05) is 24.3 Å². The molecule has 5 nitrogen and oxygen atoms in total. The van der Waals surface area contributed by atoms with Crippen LogP contribution >= 0.6 is 11.6 Å². The zero-order valence-electron chi connectivity index (χ0n) is 19.1. The summed E-state index contributed by atoms with van der Waals surface area (Å²) in [5, 5.41) is 10.7. The van der Waals surface area contributed by atoms with Gasteiger partial charge in [0.1, 0.15) is 29.5 Å². The lowest BCUT2D eigenvalue weighted by Gasteiger charge is -2.15. The van der Waals surface area contributed by atoms with Gasteiger partial charge in [0.05, 0.1) is 5.56 Å². The van der Waals surface area contributed by atoms with E-state index in [0.29, 0.717) is 24.0 Å². The summed E-state index contributed by atoms with van der Waals surface area (Å²) in [7, 11) is 0. The molecule has 180 valence electrons. The molecule has 35 heavy (non-hydrogen) atoms. The summed E-state index contributed by atoms with van der Waals surface area (Å²) in [6.45, 7) is 3.81. The standard InChI is InChI=1S/C28H25ClFNO4/c29-19-5-9-23(25(30)16-19)27-24(22-10-6-20(32)17-26(22)35-28(27)33)15-18-3-7-21(8-4-18)34-14-13-31-11-1-2-12-31/h3-10,16-17,32H,1-2,11-15H2. The molecule has 7 heteroatoms. The molecular weight excluding hydrogens is 469 g/mol. The Hall–Kier alpha value is -3.35. The molecule has 1 fully saturated rings. The van der Waals surface area contributed by atoms with Crippen molar-refractivity contribution in [2.75, 3.05) is 26.2 Å². The number of phenolic OH excluding ortho intramolecular Hbond substituents is 1. The van der Waals surface area contributed by atoms with Crippen LogP contribution < -0.4 is 10.4 Å². The summed E-state index contributed by atoms with van der Waals surface area (Å²) in [5.41, 5.74) is 1.36. The van der Waals surface area contributed by atoms with Crippen LogP contribution in [0.4, 0.5) is 4.39 Å². The molecule has 0 bridgehead atoms. The van der Waals surface area contributed by atoms with Crippen molar-refractivity contribution in [2.45, 2.75) is 19.3 Å². The Morgan fingerprint density at radius 2 is 1.80 bits per heavy atom. The summed E-state index contributed by atoms with van der Waals surface area (Å²) < 4.78 is 26.2. The Balaban J connectivity index is 1.47. The second-order valence-corrected chi connectivity index (χ2v) is 9.20. The second kappa shape index (κ2) is 10.1. The van der Waals surface area contributed by atoms with Crippen LogP contribution in [-0.2, 0) is 6.42 Å². The number of fused-ring (bicyclic) bond motifs is 1. The Morgan fingerprint density at radius 3 is 2.54 bits per heavy atom. The van der Waals surface area contributed by atoms with E-state index >= 15 is 0 Å². The predicted molar refractivity (Wildman–Crippen MR) is 135 cm³/mol. The molecule has 0 amide bonds. The number of hydrogen-bond donors (Lipinski definition) is 1. The Kier molecular flexibility index (Phi) is 6.75. The van der Waals surface area contributed by atoms with Gasteiger partial charge in [0.2, 0.25) is 0 Å². The first-order valence-corrected chi connectivity index (χ1v) is 12.0. The third-order valence-corrected chi connectivity index (χ3v) is 6.61. The summed E-state index contributed by atoms with van der Waals surface area (Å²) in [6, 6.07) is 16.5. The van der Waals surface area contributed by atoms with Gasteiger partial charge in [-0.3, -0.25) is 4.90 Å². The van der Waals surface area contributed by atoms with E-state index in [1.54, 1.807) is 12.1 Å². The third kappa shape index (κ3) is 5.19. The number of aromatic hydroxyl groups is 1. The minimum Gasteiger partial charge on any atom is -0.508 e. The van der Waals surface area contributed by atoms with Crippen molar-refractivity contribution in [1.29, 1.82) is 0 Å². The quantitative estimate of drug-likeness (QED) is 0.319. The third-order valence-electron chi connectivity index (χ3n) is 6.38. The van der Waals surface area contributed by atoms with Gasteiger partial charge < -0.3 is 14.3 Å². The minimum absolute atomic E-state index is 0.0209. The van der Waals surface area contributed by atoms with Gasteiger partial charge in [-0.25, -0.2) is 9.18 Å². The Labute approximate surface area is 207 Å². The monoisotopic (exact) mass is 493 g/mol. The number of benzene rings is 3. The molecule has 4 aromatic rings. The average Bonchev–Trinajstić information content (AvgIpc) is 3.34. The van der Waals surface area contributed by atoms with E-state index in [-0.39, 0.29) is 27.5 Å². The fraction of sp³-hybridized carbons (Fsp3) is 0.250. The topological polar surface area (TPSA) is 62.9 Å². The number of phenols is 1. The summed E-state index contributed by atoms with van der Waals surface area (Å²) in [6.07, 6.45) is 2.86. The molecule has 3 aromatic carbocycles. The van der Waals surface area contributed by atoms with Crippen LogP contribution in [0.2, 0.25) is 5.02 Å². The molecule has 5 rings (SSSR count). The molecule has 2 heterocycles. The normalized spacial score (nSPS) is 14.0. The molecule has 0 saturated carbocycles. The number of halogens is 2. The molecule has 1 saturated heterocycles. The summed E-state index contributed by atoms with van der Waals surface area (Å²) >= 11 is 5.93. The van der Waals surface area contributed by atoms with Gasteiger partial charge in [-0.05, 0) is 85.9 Å². The molecule has 0 aliphatic carbocycles. The highest BCUT2D eigenvalue weighted by molar-refractivity contribution is 6.30. The van der Waals surface area contributed by atoms with Crippen molar-refractivity contribution in [1.82, 2.24) is 4.90 Å².